The van der Waals surface area contributed by atoms with Gasteiger partial charge in [-0.1, -0.05) is 36.4 Å². The Hall–Kier alpha value is -2.33. The molecule has 1 saturated heterocycles. The van der Waals surface area contributed by atoms with Gasteiger partial charge in [0.25, 0.3) is 0 Å². The van der Waals surface area contributed by atoms with Gasteiger partial charge < -0.3 is 16.0 Å². The maximum atomic E-state index is 5.10. The van der Waals surface area contributed by atoms with Crippen LogP contribution < -0.4 is 16.0 Å². The Bertz CT molecular complexity index is 836. The van der Waals surface area contributed by atoms with E-state index in [0.29, 0.717) is 6.04 Å². The lowest BCUT2D eigenvalue weighted by Crippen LogP contribution is -2.59. The number of fused-ring (bicyclic) bond motifs is 2. The average Bonchev–Trinajstić information content (AvgIpc) is 2.69. The molecule has 2 aromatic carbocycles. The molecule has 26 heavy (non-hydrogen) atoms. The van der Waals surface area contributed by atoms with Gasteiger partial charge in [-0.15, -0.1) is 0 Å². The normalized spacial score (nSPS) is 23.4. The minimum atomic E-state index is -0.0774. The fraction of sp³-hybridized carbons (Fsp3) is 0.409. The van der Waals surface area contributed by atoms with Crippen LogP contribution in [0.25, 0.3) is 0 Å². The van der Waals surface area contributed by atoms with Crippen molar-refractivity contribution in [1.82, 2.24) is 10.6 Å². The van der Waals surface area contributed by atoms with Gasteiger partial charge in [0.15, 0.2) is 0 Å². The van der Waals surface area contributed by atoms with E-state index in [1.807, 2.05) is 0 Å². The molecule has 3 aliphatic rings. The molecule has 0 aromatic heterocycles. The molecule has 4 heteroatoms. The summed E-state index contributed by atoms with van der Waals surface area (Å²) in [5.74, 6) is 1.12. The summed E-state index contributed by atoms with van der Waals surface area (Å²) in [5.41, 5.74) is 5.06. The summed E-state index contributed by atoms with van der Waals surface area (Å²) in [6, 6.07) is 17.6. The highest BCUT2D eigenvalue weighted by molar-refractivity contribution is 6.00. The Kier molecular flexibility index (Phi) is 3.93. The number of anilines is 1. The van der Waals surface area contributed by atoms with Crippen molar-refractivity contribution < 1.29 is 0 Å². The highest BCUT2D eigenvalue weighted by Gasteiger charge is 2.41. The van der Waals surface area contributed by atoms with Crippen molar-refractivity contribution in [2.24, 2.45) is 4.99 Å². The van der Waals surface area contributed by atoms with E-state index in [1.165, 1.54) is 30.4 Å². The van der Waals surface area contributed by atoms with Gasteiger partial charge in [-0.2, -0.15) is 0 Å². The third-order valence-corrected chi connectivity index (χ3v) is 6.10. The molecule has 5 rings (SSSR count). The molecule has 0 amide bonds. The first-order valence-corrected chi connectivity index (χ1v) is 9.86. The van der Waals surface area contributed by atoms with E-state index < -0.39 is 0 Å². The van der Waals surface area contributed by atoms with E-state index in [9.17, 15) is 0 Å². The lowest BCUT2D eigenvalue weighted by atomic mass is 9.83. The van der Waals surface area contributed by atoms with Gasteiger partial charge >= 0.3 is 0 Å². The minimum Gasteiger partial charge on any atom is -0.371 e. The van der Waals surface area contributed by atoms with E-state index in [2.05, 4.69) is 64.5 Å². The average molecular weight is 346 g/mol. The molecule has 4 nitrogen and oxygen atoms in total. The van der Waals surface area contributed by atoms with Gasteiger partial charge in [0, 0.05) is 0 Å². The second-order valence-corrected chi connectivity index (χ2v) is 7.72. The summed E-state index contributed by atoms with van der Waals surface area (Å²) in [6.07, 6.45) is 5.71. The molecule has 1 aliphatic carbocycles. The largest absolute Gasteiger partial charge is 0.371 e. The molecule has 1 spiro atoms. The van der Waals surface area contributed by atoms with E-state index in [0.717, 1.165) is 43.1 Å². The zero-order valence-corrected chi connectivity index (χ0v) is 15.1. The number of piperidine rings is 1. The number of hydrogen-bond donors (Lipinski definition) is 3. The molecule has 0 saturated carbocycles. The van der Waals surface area contributed by atoms with Crippen LogP contribution in [0.2, 0.25) is 0 Å². The third kappa shape index (κ3) is 2.69. The van der Waals surface area contributed by atoms with Crippen LogP contribution in [0.1, 0.15) is 42.9 Å². The van der Waals surface area contributed by atoms with Crippen molar-refractivity contribution in [2.75, 3.05) is 18.4 Å². The molecule has 0 bridgehead atoms. The van der Waals surface area contributed by atoms with Gasteiger partial charge in [-0.25, -0.2) is 4.99 Å². The number of nitrogens with one attached hydrogen (secondary N) is 3. The highest BCUT2D eigenvalue weighted by Crippen LogP contribution is 2.38. The lowest BCUT2D eigenvalue weighted by molar-refractivity contribution is 0.403. The summed E-state index contributed by atoms with van der Waals surface area (Å²) in [6.45, 7) is 2.05. The van der Waals surface area contributed by atoms with Crippen LogP contribution in [0.4, 0.5) is 11.4 Å². The Balaban J connectivity index is 1.52. The van der Waals surface area contributed by atoms with E-state index in [4.69, 9.17) is 4.99 Å². The van der Waals surface area contributed by atoms with Gasteiger partial charge in [0.2, 0.25) is 0 Å². The first kappa shape index (κ1) is 15.9. The summed E-state index contributed by atoms with van der Waals surface area (Å²) >= 11 is 0. The third-order valence-electron chi connectivity index (χ3n) is 6.10. The smallest absolute Gasteiger partial charge is 0.129 e. The fourth-order valence-electron chi connectivity index (χ4n) is 4.68. The summed E-state index contributed by atoms with van der Waals surface area (Å²) in [5, 5.41) is 11.2. The molecule has 134 valence electrons. The molecule has 0 radical (unpaired) electrons. The van der Waals surface area contributed by atoms with E-state index in [-0.39, 0.29) is 5.54 Å². The maximum Gasteiger partial charge on any atom is 0.129 e. The van der Waals surface area contributed by atoms with Gasteiger partial charge in [-0.05, 0) is 68.5 Å². The summed E-state index contributed by atoms with van der Waals surface area (Å²) in [4.78, 5) is 5.10. The Morgan fingerprint density at radius 3 is 2.73 bits per heavy atom. The molecular weight excluding hydrogens is 320 g/mol. The first-order chi connectivity index (χ1) is 12.8. The molecule has 3 N–H and O–H groups in total. The predicted octanol–water partition coefficient (Wildman–Crippen LogP) is 3.93. The SMILES string of the molecule is c1ccc2c(c1)CCCC2NC1=Nc2ccccc2NC12CCNCC2. The van der Waals surface area contributed by atoms with Crippen LogP contribution in [-0.4, -0.2) is 24.5 Å². The van der Waals surface area contributed by atoms with Crippen molar-refractivity contribution in [2.45, 2.75) is 43.7 Å². The predicted molar refractivity (Wildman–Crippen MR) is 107 cm³/mol. The van der Waals surface area contributed by atoms with Crippen LogP contribution in [0.5, 0.6) is 0 Å². The first-order valence-electron chi connectivity index (χ1n) is 9.86. The Labute approximate surface area is 155 Å². The second kappa shape index (κ2) is 6.44. The number of amidine groups is 1. The van der Waals surface area contributed by atoms with Gasteiger partial charge in [-0.3, -0.25) is 0 Å². The number of aryl methyl sites for hydroxylation is 1. The van der Waals surface area contributed by atoms with E-state index in [1.54, 1.807) is 0 Å². The van der Waals surface area contributed by atoms with Crippen LogP contribution in [0, 0.1) is 0 Å². The molecule has 2 aliphatic heterocycles. The van der Waals surface area contributed by atoms with Crippen molar-refractivity contribution in [1.29, 1.82) is 0 Å². The molecule has 2 aromatic rings. The number of benzene rings is 2. The van der Waals surface area contributed by atoms with Crippen molar-refractivity contribution >= 4 is 17.2 Å². The van der Waals surface area contributed by atoms with Crippen molar-refractivity contribution in [3.05, 3.63) is 59.7 Å². The summed E-state index contributed by atoms with van der Waals surface area (Å²) in [7, 11) is 0. The number of para-hydroxylation sites is 2. The number of rotatable bonds is 1. The van der Waals surface area contributed by atoms with Crippen LogP contribution in [-0.2, 0) is 6.42 Å². The standard InChI is InChI=1S/C22H26N4/c1-2-8-17-16(6-1)7-5-11-18(17)24-21-22(12-14-23-15-13-22)26-20-10-4-3-9-19(20)25-21/h1-4,6,8-10,18,23,26H,5,7,11-15H2,(H,24,25). The Morgan fingerprint density at radius 1 is 1.00 bits per heavy atom. The molecule has 1 unspecified atom stereocenters. The lowest BCUT2D eigenvalue weighted by Gasteiger charge is -2.44. The molecule has 1 atom stereocenters. The van der Waals surface area contributed by atoms with Crippen LogP contribution >= 0.6 is 0 Å². The highest BCUT2D eigenvalue weighted by atomic mass is 15.2. The van der Waals surface area contributed by atoms with Crippen molar-refractivity contribution in [3.8, 4) is 0 Å². The molecule has 1 fully saturated rings. The van der Waals surface area contributed by atoms with Crippen molar-refractivity contribution in [3.63, 3.8) is 0 Å². The molecular formula is C22H26N4. The topological polar surface area (TPSA) is 48.5 Å². The van der Waals surface area contributed by atoms with E-state index >= 15 is 0 Å². The maximum absolute atomic E-state index is 5.10. The quantitative estimate of drug-likeness (QED) is 0.733. The van der Waals surface area contributed by atoms with Crippen LogP contribution in [0.3, 0.4) is 0 Å². The monoisotopic (exact) mass is 346 g/mol. The van der Waals surface area contributed by atoms with Gasteiger partial charge in [0.1, 0.15) is 5.84 Å². The minimum absolute atomic E-state index is 0.0774. The summed E-state index contributed by atoms with van der Waals surface area (Å²) < 4.78 is 0. The Morgan fingerprint density at radius 2 is 1.81 bits per heavy atom. The zero-order chi connectivity index (χ0) is 17.4. The number of hydrogen-bond acceptors (Lipinski definition) is 4. The van der Waals surface area contributed by atoms with Gasteiger partial charge in [0.05, 0.1) is 23.0 Å². The number of aliphatic imine (C=N–C) groups is 1. The number of nitrogens with zero attached hydrogens (tertiary/aromatic N) is 1. The second-order valence-electron chi connectivity index (χ2n) is 7.72. The fourth-order valence-corrected chi connectivity index (χ4v) is 4.68. The zero-order valence-electron chi connectivity index (χ0n) is 15.1. The molecule has 2 heterocycles. The van der Waals surface area contributed by atoms with Crippen LogP contribution in [0.15, 0.2) is 53.5 Å².